The molecule has 5 nitrogen and oxygen atoms in total. The fraction of sp³-hybridized carbons (Fsp3) is 0.0909. The van der Waals surface area contributed by atoms with Gasteiger partial charge in [-0.05, 0) is 16.8 Å². The van der Waals surface area contributed by atoms with Crippen LogP contribution in [0.25, 0.3) is 28.2 Å². The van der Waals surface area contributed by atoms with Crippen molar-refractivity contribution in [2.75, 3.05) is 7.11 Å². The molecular weight excluding hydrogens is 344 g/mol. The molecule has 1 aromatic heterocycles. The number of allylic oxidation sites excluding steroid dienone is 1. The molecule has 0 atom stereocenters. The summed E-state index contributed by atoms with van der Waals surface area (Å²) in [6.45, 7) is 0. The molecule has 1 aliphatic carbocycles. The first kappa shape index (κ1) is 18.2. The van der Waals surface area contributed by atoms with Gasteiger partial charge in [0.15, 0.2) is 5.76 Å². The highest BCUT2D eigenvalue weighted by atomic mass is 16.5. The van der Waals surface area contributed by atoms with Crippen molar-refractivity contribution in [3.63, 3.8) is 0 Å². The lowest BCUT2D eigenvalue weighted by Crippen LogP contribution is -2.00. The molecule has 1 aliphatic rings. The van der Waals surface area contributed by atoms with Gasteiger partial charge >= 0.3 is 5.97 Å². The predicted molar refractivity (Wildman–Crippen MR) is 103 cm³/mol. The van der Waals surface area contributed by atoms with Gasteiger partial charge in [-0.2, -0.15) is 0 Å². The van der Waals surface area contributed by atoms with Gasteiger partial charge in [-0.3, -0.25) is 4.79 Å². The van der Waals surface area contributed by atoms with Crippen LogP contribution in [0.5, 0.6) is 0 Å². The van der Waals surface area contributed by atoms with Crippen LogP contribution in [0.2, 0.25) is 0 Å². The van der Waals surface area contributed by atoms with Crippen molar-refractivity contribution in [3.8, 4) is 11.3 Å². The summed E-state index contributed by atoms with van der Waals surface area (Å²) in [5, 5.41) is 10.2. The highest BCUT2D eigenvalue weighted by molar-refractivity contribution is 6.02. The van der Waals surface area contributed by atoms with E-state index in [9.17, 15) is 9.59 Å². The maximum Gasteiger partial charge on any atom is 0.331 e. The summed E-state index contributed by atoms with van der Waals surface area (Å²) in [6, 6.07) is 16.2. The van der Waals surface area contributed by atoms with E-state index in [1.165, 1.54) is 12.5 Å². The van der Waals surface area contributed by atoms with Gasteiger partial charge in [0.1, 0.15) is 5.76 Å². The number of rotatable bonds is 3. The Morgan fingerprint density at radius 3 is 2.67 bits per heavy atom. The Morgan fingerprint density at radius 2 is 1.96 bits per heavy atom. The van der Waals surface area contributed by atoms with Gasteiger partial charge < -0.3 is 14.3 Å². The van der Waals surface area contributed by atoms with Gasteiger partial charge in [-0.15, -0.1) is 0 Å². The van der Waals surface area contributed by atoms with Gasteiger partial charge in [0.2, 0.25) is 5.78 Å². The van der Waals surface area contributed by atoms with Gasteiger partial charge in [-0.25, -0.2) is 4.79 Å². The van der Waals surface area contributed by atoms with Crippen molar-refractivity contribution in [1.29, 1.82) is 0 Å². The molecule has 0 saturated carbocycles. The van der Waals surface area contributed by atoms with Gasteiger partial charge in [0.05, 0.1) is 19.4 Å². The Kier molecular flexibility index (Phi) is 5.52. The minimum atomic E-state index is -0.998. The Hall–Kier alpha value is -3.60. The molecule has 3 aromatic rings. The number of carbonyl (C=O) groups excluding carboxylic acids is 1. The summed E-state index contributed by atoms with van der Waals surface area (Å²) >= 11 is 0. The van der Waals surface area contributed by atoms with Crippen LogP contribution in [0.4, 0.5) is 0 Å². The summed E-state index contributed by atoms with van der Waals surface area (Å²) in [6.07, 6.45) is 6.28. The zero-order valence-electron chi connectivity index (χ0n) is 14.7. The number of hydrogen-bond donors (Lipinski definition) is 1. The number of carboxylic acid groups (broad SMARTS) is 1. The number of ketones is 1. The molecular formula is C22H18O5. The standard InChI is InChI=1S/C18H12O2.C4H6O3/c19-16-10-4-7-13-11-17(20-18(13)16)15-9-3-6-12-5-1-2-8-14(12)15;1-7-3-2-4(5)6/h1-9,11H,10H2;2-3H,1H3,(H,5,6)/b;3-2+. The van der Waals surface area contributed by atoms with Crippen LogP contribution in [-0.2, 0) is 9.53 Å². The molecule has 0 aliphatic heterocycles. The van der Waals surface area contributed by atoms with Crippen molar-refractivity contribution in [2.24, 2.45) is 0 Å². The van der Waals surface area contributed by atoms with E-state index >= 15 is 0 Å². The molecule has 0 spiro atoms. The highest BCUT2D eigenvalue weighted by Crippen LogP contribution is 2.33. The minimum absolute atomic E-state index is 0.0500. The van der Waals surface area contributed by atoms with Gasteiger partial charge in [0, 0.05) is 17.5 Å². The average molecular weight is 362 g/mol. The number of furan rings is 1. The lowest BCUT2D eigenvalue weighted by atomic mass is 10.0. The van der Waals surface area contributed by atoms with E-state index in [1.807, 2.05) is 42.5 Å². The van der Waals surface area contributed by atoms with Crippen molar-refractivity contribution >= 4 is 28.6 Å². The van der Waals surface area contributed by atoms with E-state index in [0.717, 1.165) is 34.6 Å². The van der Waals surface area contributed by atoms with E-state index in [1.54, 1.807) is 0 Å². The van der Waals surface area contributed by atoms with Crippen molar-refractivity contribution in [1.82, 2.24) is 0 Å². The Morgan fingerprint density at radius 1 is 1.19 bits per heavy atom. The Balaban J connectivity index is 0.000000260. The number of aliphatic carboxylic acids is 1. The van der Waals surface area contributed by atoms with Gasteiger partial charge in [0.25, 0.3) is 0 Å². The zero-order valence-corrected chi connectivity index (χ0v) is 14.7. The van der Waals surface area contributed by atoms with E-state index < -0.39 is 5.97 Å². The predicted octanol–water partition coefficient (Wildman–Crippen LogP) is 4.93. The second-order valence-corrected chi connectivity index (χ2v) is 5.83. The Bertz CT molecular complexity index is 1030. The molecule has 1 N–H and O–H groups in total. The van der Waals surface area contributed by atoms with Crippen LogP contribution < -0.4 is 0 Å². The maximum atomic E-state index is 11.8. The van der Waals surface area contributed by atoms with E-state index in [4.69, 9.17) is 9.52 Å². The second kappa shape index (κ2) is 8.19. The normalized spacial score (nSPS) is 12.6. The second-order valence-electron chi connectivity index (χ2n) is 5.83. The first-order valence-electron chi connectivity index (χ1n) is 8.34. The number of hydrogen-bond acceptors (Lipinski definition) is 4. The minimum Gasteiger partial charge on any atom is -0.504 e. The molecule has 0 unspecified atom stereocenters. The quantitative estimate of drug-likeness (QED) is 0.528. The summed E-state index contributed by atoms with van der Waals surface area (Å²) in [5.41, 5.74) is 1.91. The SMILES string of the molecule is CO/C=C/C(=O)O.O=C1CC=Cc2cc(-c3cccc4ccccc34)oc21. The molecule has 0 radical (unpaired) electrons. The lowest BCUT2D eigenvalue weighted by Gasteiger charge is -2.03. The molecule has 27 heavy (non-hydrogen) atoms. The van der Waals surface area contributed by atoms with Crippen molar-refractivity contribution in [3.05, 3.63) is 78.3 Å². The average Bonchev–Trinajstić information content (AvgIpc) is 3.12. The van der Waals surface area contributed by atoms with Crippen LogP contribution in [-0.4, -0.2) is 24.0 Å². The largest absolute Gasteiger partial charge is 0.504 e. The van der Waals surface area contributed by atoms with Crippen LogP contribution >= 0.6 is 0 Å². The number of carboxylic acids is 1. The summed E-state index contributed by atoms with van der Waals surface area (Å²) in [7, 11) is 1.39. The molecule has 1 heterocycles. The number of fused-ring (bicyclic) bond motifs is 2. The maximum absolute atomic E-state index is 11.8. The third-order valence-corrected chi connectivity index (χ3v) is 4.02. The highest BCUT2D eigenvalue weighted by Gasteiger charge is 2.20. The lowest BCUT2D eigenvalue weighted by molar-refractivity contribution is -0.131. The number of methoxy groups -OCH3 is 1. The fourth-order valence-corrected chi connectivity index (χ4v) is 2.83. The third-order valence-electron chi connectivity index (χ3n) is 4.02. The molecule has 136 valence electrons. The van der Waals surface area contributed by atoms with E-state index in [-0.39, 0.29) is 5.78 Å². The van der Waals surface area contributed by atoms with Crippen molar-refractivity contribution < 1.29 is 23.8 Å². The van der Waals surface area contributed by atoms with Crippen LogP contribution in [0, 0.1) is 0 Å². The fourth-order valence-electron chi connectivity index (χ4n) is 2.83. The first-order valence-corrected chi connectivity index (χ1v) is 8.34. The van der Waals surface area contributed by atoms with Crippen LogP contribution in [0.1, 0.15) is 22.5 Å². The summed E-state index contributed by atoms with van der Waals surface area (Å²) in [4.78, 5) is 21.4. The number of benzene rings is 2. The van der Waals surface area contributed by atoms with Crippen LogP contribution in [0.3, 0.4) is 0 Å². The molecule has 2 aromatic carbocycles. The molecule has 0 bridgehead atoms. The number of carbonyl (C=O) groups is 2. The molecule has 0 fully saturated rings. The van der Waals surface area contributed by atoms with Crippen LogP contribution in [0.15, 0.2) is 71.4 Å². The van der Waals surface area contributed by atoms with Crippen molar-refractivity contribution in [2.45, 2.75) is 6.42 Å². The molecule has 4 rings (SSSR count). The summed E-state index contributed by atoms with van der Waals surface area (Å²) in [5.74, 6) is 0.290. The number of ether oxygens (including phenoxy) is 1. The Labute approximate surface area is 156 Å². The molecule has 5 heteroatoms. The monoisotopic (exact) mass is 362 g/mol. The van der Waals surface area contributed by atoms with E-state index in [2.05, 4.69) is 22.9 Å². The number of Topliss-reactive ketones (excluding diaryl/α,β-unsaturated/α-hetero) is 1. The van der Waals surface area contributed by atoms with Gasteiger partial charge in [-0.1, -0.05) is 54.6 Å². The first-order chi connectivity index (χ1) is 13.1. The van der Waals surface area contributed by atoms with E-state index in [0.29, 0.717) is 12.2 Å². The topological polar surface area (TPSA) is 76.7 Å². The third kappa shape index (κ3) is 4.15. The zero-order chi connectivity index (χ0) is 19.2. The smallest absolute Gasteiger partial charge is 0.331 e. The molecule has 0 saturated heterocycles. The summed E-state index contributed by atoms with van der Waals surface area (Å²) < 4.78 is 10.1. The molecule has 0 amide bonds.